The van der Waals surface area contributed by atoms with E-state index in [2.05, 4.69) is 36.9 Å². The maximum atomic E-state index is 12.6. The summed E-state index contributed by atoms with van der Waals surface area (Å²) in [6, 6.07) is 10.7. The Kier molecular flexibility index (Phi) is 5.40. The second kappa shape index (κ2) is 8.15. The van der Waals surface area contributed by atoms with Gasteiger partial charge in [-0.15, -0.1) is 5.10 Å². The fourth-order valence-electron chi connectivity index (χ4n) is 2.93. The molecule has 0 bridgehead atoms. The van der Waals surface area contributed by atoms with Gasteiger partial charge in [-0.3, -0.25) is 9.59 Å². The molecule has 4 rings (SSSR count). The standard InChI is InChI=1S/C20H18BrN5O4/c1-11-3-5-15(14(21)7-11)23-20(28)19-12(2)26(25-24-19)9-18(27)22-13-4-6-16-17(8-13)30-10-29-16/h3-8H,9-10H2,1-2H3,(H,22,27)(H,23,28). The van der Waals surface area contributed by atoms with Crippen molar-refractivity contribution in [3.05, 3.63) is 57.8 Å². The van der Waals surface area contributed by atoms with Gasteiger partial charge in [0.05, 0.1) is 11.4 Å². The summed E-state index contributed by atoms with van der Waals surface area (Å²) in [4.78, 5) is 25.0. The van der Waals surface area contributed by atoms with Crippen molar-refractivity contribution >= 4 is 39.1 Å². The summed E-state index contributed by atoms with van der Waals surface area (Å²) in [5.41, 5.74) is 2.90. The van der Waals surface area contributed by atoms with Crippen LogP contribution >= 0.6 is 15.9 Å². The van der Waals surface area contributed by atoms with E-state index < -0.39 is 5.91 Å². The molecule has 1 aromatic heterocycles. The van der Waals surface area contributed by atoms with Gasteiger partial charge in [-0.25, -0.2) is 4.68 Å². The first kappa shape index (κ1) is 19.9. The van der Waals surface area contributed by atoms with E-state index in [9.17, 15) is 9.59 Å². The number of hydrogen-bond acceptors (Lipinski definition) is 6. The van der Waals surface area contributed by atoms with Crippen LogP contribution in [0.5, 0.6) is 11.5 Å². The van der Waals surface area contributed by atoms with E-state index >= 15 is 0 Å². The Morgan fingerprint density at radius 1 is 1.10 bits per heavy atom. The number of rotatable bonds is 5. The number of fused-ring (bicyclic) bond motifs is 1. The molecule has 154 valence electrons. The molecule has 2 N–H and O–H groups in total. The molecule has 0 saturated carbocycles. The molecule has 2 aromatic carbocycles. The molecule has 1 aliphatic heterocycles. The first-order valence-electron chi connectivity index (χ1n) is 9.08. The van der Waals surface area contributed by atoms with E-state index in [0.717, 1.165) is 10.0 Å². The molecule has 0 unspecified atom stereocenters. The normalized spacial score (nSPS) is 12.0. The van der Waals surface area contributed by atoms with Gasteiger partial charge in [-0.1, -0.05) is 11.3 Å². The van der Waals surface area contributed by atoms with Crippen LogP contribution in [0, 0.1) is 13.8 Å². The van der Waals surface area contributed by atoms with Gasteiger partial charge in [0, 0.05) is 16.2 Å². The molecule has 30 heavy (non-hydrogen) atoms. The Hall–Kier alpha value is -3.40. The second-order valence-corrected chi connectivity index (χ2v) is 7.59. The first-order valence-corrected chi connectivity index (χ1v) is 9.87. The zero-order valence-electron chi connectivity index (χ0n) is 16.2. The molecule has 0 radical (unpaired) electrons. The van der Waals surface area contributed by atoms with Gasteiger partial charge in [0.25, 0.3) is 5.91 Å². The number of amides is 2. The van der Waals surface area contributed by atoms with Gasteiger partial charge >= 0.3 is 0 Å². The molecule has 1 aliphatic rings. The van der Waals surface area contributed by atoms with Crippen molar-refractivity contribution in [2.45, 2.75) is 20.4 Å². The van der Waals surface area contributed by atoms with E-state index in [-0.39, 0.29) is 24.9 Å². The molecule has 0 fully saturated rings. The van der Waals surface area contributed by atoms with Gasteiger partial charge in [0.15, 0.2) is 17.2 Å². The lowest BCUT2D eigenvalue weighted by Gasteiger charge is -2.08. The van der Waals surface area contributed by atoms with Crippen LogP contribution in [0.3, 0.4) is 0 Å². The fourth-order valence-corrected chi connectivity index (χ4v) is 3.53. The summed E-state index contributed by atoms with van der Waals surface area (Å²) in [7, 11) is 0. The molecule has 3 aromatic rings. The van der Waals surface area contributed by atoms with Crippen LogP contribution in [-0.2, 0) is 11.3 Å². The minimum atomic E-state index is -0.403. The predicted octanol–water partition coefficient (Wildman–Crippen LogP) is 3.28. The van der Waals surface area contributed by atoms with Crippen molar-refractivity contribution < 1.29 is 19.1 Å². The highest BCUT2D eigenvalue weighted by Crippen LogP contribution is 2.34. The molecule has 0 atom stereocenters. The summed E-state index contributed by atoms with van der Waals surface area (Å²) in [6.07, 6.45) is 0. The largest absolute Gasteiger partial charge is 0.454 e. The molecule has 10 heteroatoms. The molecule has 2 amide bonds. The Morgan fingerprint density at radius 3 is 2.70 bits per heavy atom. The highest BCUT2D eigenvalue weighted by atomic mass is 79.9. The maximum absolute atomic E-state index is 12.6. The highest BCUT2D eigenvalue weighted by molar-refractivity contribution is 9.10. The number of nitrogens with one attached hydrogen (secondary N) is 2. The number of benzene rings is 2. The van der Waals surface area contributed by atoms with Gasteiger partial charge in [-0.2, -0.15) is 0 Å². The number of carbonyl (C=O) groups is 2. The third-order valence-corrected chi connectivity index (χ3v) is 5.18. The zero-order chi connectivity index (χ0) is 21.3. The van der Waals surface area contributed by atoms with Crippen molar-refractivity contribution in [1.29, 1.82) is 0 Å². The highest BCUT2D eigenvalue weighted by Gasteiger charge is 2.19. The monoisotopic (exact) mass is 471 g/mol. The average molecular weight is 472 g/mol. The van der Waals surface area contributed by atoms with Crippen molar-refractivity contribution in [1.82, 2.24) is 15.0 Å². The molecule has 9 nitrogen and oxygen atoms in total. The smallest absolute Gasteiger partial charge is 0.278 e. The summed E-state index contributed by atoms with van der Waals surface area (Å²) < 4.78 is 12.7. The van der Waals surface area contributed by atoms with Crippen LogP contribution in [0.15, 0.2) is 40.9 Å². The molecular formula is C20H18BrN5O4. The van der Waals surface area contributed by atoms with Gasteiger partial charge in [0.1, 0.15) is 6.54 Å². The van der Waals surface area contributed by atoms with Crippen molar-refractivity contribution in [3.8, 4) is 11.5 Å². The Morgan fingerprint density at radius 2 is 1.90 bits per heavy atom. The number of carbonyl (C=O) groups excluding carboxylic acids is 2. The van der Waals surface area contributed by atoms with Gasteiger partial charge < -0.3 is 20.1 Å². The van der Waals surface area contributed by atoms with Crippen LogP contribution in [0.4, 0.5) is 11.4 Å². The maximum Gasteiger partial charge on any atom is 0.278 e. The lowest BCUT2D eigenvalue weighted by molar-refractivity contribution is -0.117. The minimum absolute atomic E-state index is 0.0885. The Labute approximate surface area is 180 Å². The molecular weight excluding hydrogens is 454 g/mol. The van der Waals surface area contributed by atoms with E-state index in [1.54, 1.807) is 31.2 Å². The lowest BCUT2D eigenvalue weighted by atomic mass is 10.2. The predicted molar refractivity (Wildman–Crippen MR) is 113 cm³/mol. The topological polar surface area (TPSA) is 107 Å². The minimum Gasteiger partial charge on any atom is -0.454 e. The van der Waals surface area contributed by atoms with E-state index in [1.807, 2.05) is 19.1 Å². The number of hydrogen-bond donors (Lipinski definition) is 2. The average Bonchev–Trinajstić information content (AvgIpc) is 3.30. The van der Waals surface area contributed by atoms with Crippen LogP contribution in [0.25, 0.3) is 0 Å². The molecule has 0 aliphatic carbocycles. The Bertz CT molecular complexity index is 1140. The van der Waals surface area contributed by atoms with Crippen molar-refractivity contribution in [2.75, 3.05) is 17.4 Å². The van der Waals surface area contributed by atoms with Crippen LogP contribution in [0.1, 0.15) is 21.7 Å². The summed E-state index contributed by atoms with van der Waals surface area (Å²) >= 11 is 3.43. The second-order valence-electron chi connectivity index (χ2n) is 6.73. The van der Waals surface area contributed by atoms with E-state index in [0.29, 0.717) is 28.6 Å². The number of aryl methyl sites for hydroxylation is 1. The summed E-state index contributed by atoms with van der Waals surface area (Å²) in [5.74, 6) is 0.497. The van der Waals surface area contributed by atoms with Crippen molar-refractivity contribution in [2.24, 2.45) is 0 Å². The quantitative estimate of drug-likeness (QED) is 0.591. The number of anilines is 2. The number of halogens is 1. The summed E-state index contributed by atoms with van der Waals surface area (Å²) in [5, 5.41) is 13.4. The fraction of sp³-hybridized carbons (Fsp3) is 0.200. The third-order valence-electron chi connectivity index (χ3n) is 4.52. The lowest BCUT2D eigenvalue weighted by Crippen LogP contribution is -2.21. The van der Waals surface area contributed by atoms with E-state index in [4.69, 9.17) is 9.47 Å². The zero-order valence-corrected chi connectivity index (χ0v) is 17.8. The molecule has 0 spiro atoms. The van der Waals surface area contributed by atoms with Crippen molar-refractivity contribution in [3.63, 3.8) is 0 Å². The van der Waals surface area contributed by atoms with Crippen LogP contribution < -0.4 is 20.1 Å². The van der Waals surface area contributed by atoms with E-state index in [1.165, 1.54) is 4.68 Å². The first-order chi connectivity index (χ1) is 14.4. The number of ether oxygens (including phenoxy) is 2. The van der Waals surface area contributed by atoms with Gasteiger partial charge in [0.2, 0.25) is 12.7 Å². The van der Waals surface area contributed by atoms with Crippen LogP contribution in [-0.4, -0.2) is 33.6 Å². The molecule has 0 saturated heterocycles. The third kappa shape index (κ3) is 4.13. The number of nitrogens with zero attached hydrogens (tertiary/aromatic N) is 3. The summed E-state index contributed by atoms with van der Waals surface area (Å²) in [6.45, 7) is 3.72. The van der Waals surface area contributed by atoms with Gasteiger partial charge in [-0.05, 0) is 59.6 Å². The van der Waals surface area contributed by atoms with Crippen LogP contribution in [0.2, 0.25) is 0 Å². The molecule has 2 heterocycles. The number of aromatic nitrogens is 3. The Balaban J connectivity index is 1.42. The SMILES string of the molecule is Cc1ccc(NC(=O)c2nnn(CC(=O)Nc3ccc4c(c3)OCO4)c2C)c(Br)c1.